The predicted octanol–water partition coefficient (Wildman–Crippen LogP) is 3.09. The maximum atomic E-state index is 12.0. The molecular weight excluding hydrogens is 295 g/mol. The average molecular weight is 311 g/mol. The second-order valence-corrected chi connectivity index (χ2v) is 6.46. The number of rotatable bonds is 5. The van der Waals surface area contributed by atoms with Gasteiger partial charge in [0.2, 0.25) is 10.0 Å². The van der Waals surface area contributed by atoms with E-state index in [1.807, 2.05) is 0 Å². The number of nitrogens with one attached hydrogen (secondary N) is 1. The lowest BCUT2D eigenvalue weighted by molar-refractivity contribution is -0.134. The highest BCUT2D eigenvalue weighted by molar-refractivity contribution is 7.92. The third-order valence-corrected chi connectivity index (χ3v) is 3.94. The van der Waals surface area contributed by atoms with Gasteiger partial charge in [0.25, 0.3) is 0 Å². The second kappa shape index (κ2) is 5.90. The largest absolute Gasteiger partial charge is 0.505 e. The molecule has 1 aromatic rings. The lowest BCUT2D eigenvalue weighted by atomic mass is 10.1. The third kappa shape index (κ3) is 5.28. The molecule has 0 aliphatic heterocycles. The summed E-state index contributed by atoms with van der Waals surface area (Å²) >= 11 is 0. The van der Waals surface area contributed by atoms with Crippen molar-refractivity contribution in [3.8, 4) is 5.75 Å². The van der Waals surface area contributed by atoms with Crippen molar-refractivity contribution < 1.29 is 26.7 Å². The van der Waals surface area contributed by atoms with Crippen molar-refractivity contribution >= 4 is 15.7 Å². The summed E-state index contributed by atoms with van der Waals surface area (Å²) in [5.41, 5.74) is 1.20. The number of benzene rings is 1. The van der Waals surface area contributed by atoms with Gasteiger partial charge in [-0.05, 0) is 37.5 Å². The number of aryl methyl sites for hydroxylation is 2. The van der Waals surface area contributed by atoms with E-state index in [9.17, 15) is 26.7 Å². The summed E-state index contributed by atoms with van der Waals surface area (Å²) in [6.07, 6.45) is -6.06. The van der Waals surface area contributed by atoms with Crippen molar-refractivity contribution in [2.24, 2.45) is 0 Å². The number of phenolic OH excluding ortho intramolecular Hbond substituents is 1. The van der Waals surface area contributed by atoms with E-state index in [-0.39, 0.29) is 11.4 Å². The Morgan fingerprint density at radius 2 is 1.85 bits per heavy atom. The van der Waals surface area contributed by atoms with Gasteiger partial charge in [-0.1, -0.05) is 6.07 Å². The fourth-order valence-corrected chi connectivity index (χ4v) is 2.84. The van der Waals surface area contributed by atoms with E-state index in [1.165, 1.54) is 6.07 Å². The fraction of sp³-hybridized carbons (Fsp3) is 0.500. The van der Waals surface area contributed by atoms with Crippen LogP contribution >= 0.6 is 0 Å². The van der Waals surface area contributed by atoms with Gasteiger partial charge in [-0.2, -0.15) is 13.2 Å². The Kier molecular flexibility index (Phi) is 4.90. The van der Waals surface area contributed by atoms with E-state index in [1.54, 1.807) is 19.9 Å². The third-order valence-electron chi connectivity index (χ3n) is 2.58. The first kappa shape index (κ1) is 16.6. The summed E-state index contributed by atoms with van der Waals surface area (Å²) in [6, 6.07) is 3.08. The molecule has 0 saturated heterocycles. The van der Waals surface area contributed by atoms with Gasteiger partial charge >= 0.3 is 6.18 Å². The monoisotopic (exact) mass is 311 g/mol. The van der Waals surface area contributed by atoms with E-state index in [2.05, 4.69) is 4.72 Å². The van der Waals surface area contributed by atoms with Gasteiger partial charge in [0, 0.05) is 6.42 Å². The smallest absolute Gasteiger partial charge is 0.389 e. The zero-order chi connectivity index (χ0) is 15.6. The number of sulfonamides is 1. The van der Waals surface area contributed by atoms with Gasteiger partial charge in [0.1, 0.15) is 5.75 Å². The minimum absolute atomic E-state index is 0.0190. The van der Waals surface area contributed by atoms with E-state index in [4.69, 9.17) is 0 Å². The number of aromatic hydroxyl groups is 1. The molecule has 0 heterocycles. The van der Waals surface area contributed by atoms with Gasteiger partial charge in [-0.25, -0.2) is 8.42 Å². The minimum Gasteiger partial charge on any atom is -0.505 e. The van der Waals surface area contributed by atoms with Crippen molar-refractivity contribution in [2.75, 3.05) is 10.5 Å². The molecule has 0 saturated carbocycles. The van der Waals surface area contributed by atoms with Gasteiger partial charge in [0.15, 0.2) is 0 Å². The Bertz CT molecular complexity index is 582. The normalized spacial score (nSPS) is 12.4. The lowest BCUT2D eigenvalue weighted by Crippen LogP contribution is -2.19. The van der Waals surface area contributed by atoms with Crippen molar-refractivity contribution in [3.63, 3.8) is 0 Å². The Labute approximate surface area is 115 Å². The number of anilines is 1. The van der Waals surface area contributed by atoms with Crippen LogP contribution in [-0.2, 0) is 10.0 Å². The molecule has 0 radical (unpaired) electrons. The first-order valence-electron chi connectivity index (χ1n) is 5.87. The van der Waals surface area contributed by atoms with Crippen molar-refractivity contribution in [1.29, 1.82) is 0 Å². The van der Waals surface area contributed by atoms with Gasteiger partial charge < -0.3 is 5.11 Å². The topological polar surface area (TPSA) is 66.4 Å². The quantitative estimate of drug-likeness (QED) is 0.821. The molecule has 8 heteroatoms. The lowest BCUT2D eigenvalue weighted by Gasteiger charge is -2.12. The van der Waals surface area contributed by atoms with Gasteiger partial charge in [-0.3, -0.25) is 4.72 Å². The van der Waals surface area contributed by atoms with Gasteiger partial charge in [-0.15, -0.1) is 0 Å². The van der Waals surface area contributed by atoms with Crippen molar-refractivity contribution in [3.05, 3.63) is 23.3 Å². The summed E-state index contributed by atoms with van der Waals surface area (Å²) in [6.45, 7) is 3.32. The number of hydrogen-bond acceptors (Lipinski definition) is 3. The first-order chi connectivity index (χ1) is 9.00. The zero-order valence-corrected chi connectivity index (χ0v) is 11.9. The van der Waals surface area contributed by atoms with Crippen molar-refractivity contribution in [1.82, 2.24) is 0 Å². The second-order valence-electron chi connectivity index (χ2n) is 4.62. The summed E-state index contributed by atoms with van der Waals surface area (Å²) in [7, 11) is -3.92. The van der Waals surface area contributed by atoms with Crippen LogP contribution in [-0.4, -0.2) is 25.5 Å². The molecule has 0 fully saturated rings. The zero-order valence-electron chi connectivity index (χ0n) is 11.1. The molecule has 0 unspecified atom stereocenters. The number of hydrogen-bond donors (Lipinski definition) is 2. The Morgan fingerprint density at radius 1 is 1.25 bits per heavy atom. The highest BCUT2D eigenvalue weighted by Gasteiger charge is 2.27. The summed E-state index contributed by atoms with van der Waals surface area (Å²) in [4.78, 5) is 0. The fourth-order valence-electron chi connectivity index (χ4n) is 1.72. The van der Waals surface area contributed by atoms with E-state index >= 15 is 0 Å². The van der Waals surface area contributed by atoms with Crippen LogP contribution in [0, 0.1) is 13.8 Å². The highest BCUT2D eigenvalue weighted by Crippen LogP contribution is 2.29. The molecule has 114 valence electrons. The molecule has 20 heavy (non-hydrogen) atoms. The van der Waals surface area contributed by atoms with E-state index < -0.39 is 34.8 Å². The SMILES string of the molecule is Cc1cc(C)c(O)c(NS(=O)(=O)CCCC(F)(F)F)c1. The molecule has 0 amide bonds. The Hall–Kier alpha value is -1.44. The van der Waals surface area contributed by atoms with Crippen LogP contribution in [0.2, 0.25) is 0 Å². The standard InChI is InChI=1S/C12H16F3NO3S/c1-8-6-9(2)11(17)10(7-8)16-20(18,19)5-3-4-12(13,14)15/h6-7,16-17H,3-5H2,1-2H3. The molecule has 0 bridgehead atoms. The molecule has 1 aromatic carbocycles. The number of alkyl halides is 3. The van der Waals surface area contributed by atoms with Crippen LogP contribution in [0.1, 0.15) is 24.0 Å². The molecule has 2 N–H and O–H groups in total. The molecule has 0 aromatic heterocycles. The number of halogens is 3. The van der Waals surface area contributed by atoms with Crippen LogP contribution in [0.15, 0.2) is 12.1 Å². The van der Waals surface area contributed by atoms with Crippen LogP contribution in [0.4, 0.5) is 18.9 Å². The summed E-state index contributed by atoms with van der Waals surface area (Å²) < 4.78 is 61.4. The summed E-state index contributed by atoms with van der Waals surface area (Å²) in [5, 5.41) is 9.73. The molecule has 0 atom stereocenters. The Morgan fingerprint density at radius 3 is 2.40 bits per heavy atom. The average Bonchev–Trinajstić information content (AvgIpc) is 2.22. The van der Waals surface area contributed by atoms with Crippen LogP contribution in [0.5, 0.6) is 5.75 Å². The molecule has 0 aliphatic carbocycles. The maximum Gasteiger partial charge on any atom is 0.389 e. The Balaban J connectivity index is 2.77. The van der Waals surface area contributed by atoms with E-state index in [0.29, 0.717) is 5.56 Å². The molecule has 1 rings (SSSR count). The van der Waals surface area contributed by atoms with Gasteiger partial charge in [0.05, 0.1) is 11.4 Å². The predicted molar refractivity (Wildman–Crippen MR) is 70.3 cm³/mol. The molecular formula is C12H16F3NO3S. The van der Waals surface area contributed by atoms with Crippen LogP contribution in [0.25, 0.3) is 0 Å². The van der Waals surface area contributed by atoms with Crippen molar-refractivity contribution in [2.45, 2.75) is 32.9 Å². The maximum absolute atomic E-state index is 12.0. The molecule has 0 aliphatic rings. The highest BCUT2D eigenvalue weighted by atomic mass is 32.2. The molecule has 0 spiro atoms. The van der Waals surface area contributed by atoms with Crippen LogP contribution in [0.3, 0.4) is 0 Å². The molecule has 4 nitrogen and oxygen atoms in total. The van der Waals surface area contributed by atoms with Crippen LogP contribution < -0.4 is 4.72 Å². The minimum atomic E-state index is -4.38. The summed E-state index contributed by atoms with van der Waals surface area (Å²) in [5.74, 6) is -0.881. The van der Waals surface area contributed by atoms with E-state index in [0.717, 1.165) is 5.56 Å². The first-order valence-corrected chi connectivity index (χ1v) is 7.53. The number of phenols is 1.